The number of nitrogens with zero attached hydrogens (tertiary/aromatic N) is 1. The lowest BCUT2D eigenvalue weighted by Crippen LogP contribution is -2.42. The van der Waals surface area contributed by atoms with Gasteiger partial charge in [0.25, 0.3) is 0 Å². The second kappa shape index (κ2) is 5.52. The first-order valence-corrected chi connectivity index (χ1v) is 10.9. The van der Waals surface area contributed by atoms with Gasteiger partial charge in [-0.25, -0.2) is 13.4 Å². The minimum atomic E-state index is -3.48. The van der Waals surface area contributed by atoms with Gasteiger partial charge in [-0.2, -0.15) is 0 Å². The summed E-state index contributed by atoms with van der Waals surface area (Å²) in [5.41, 5.74) is 0. The van der Waals surface area contributed by atoms with Gasteiger partial charge >= 0.3 is 0 Å². The first-order chi connectivity index (χ1) is 8.46. The maximum Gasteiger partial charge on any atom is 0.202 e. The van der Waals surface area contributed by atoms with Crippen molar-refractivity contribution in [3.05, 3.63) is 23.5 Å². The molecule has 0 radical (unpaired) electrons. The van der Waals surface area contributed by atoms with Crippen molar-refractivity contribution in [1.82, 2.24) is 4.98 Å². The van der Waals surface area contributed by atoms with E-state index in [1.807, 2.05) is 13.1 Å². The Morgan fingerprint density at radius 1 is 1.32 bits per heavy atom. The predicted molar refractivity (Wildman–Crippen MR) is 79.6 cm³/mol. The number of rotatable bonds is 4. The molecule has 0 aliphatic heterocycles. The zero-order valence-corrected chi connectivity index (χ0v) is 14.5. The van der Waals surface area contributed by atoms with Gasteiger partial charge in [0, 0.05) is 6.20 Å². The van der Waals surface area contributed by atoms with E-state index < -0.39 is 18.2 Å². The van der Waals surface area contributed by atoms with Crippen LogP contribution in [0.3, 0.4) is 0 Å². The van der Waals surface area contributed by atoms with Gasteiger partial charge in [-0.1, -0.05) is 32.4 Å². The minimum Gasteiger partial charge on any atom is -0.403 e. The van der Waals surface area contributed by atoms with Gasteiger partial charge in [0.15, 0.2) is 8.32 Å². The number of hydrogen-bond acceptors (Lipinski definition) is 4. The molecule has 0 atom stereocenters. The molecule has 0 spiro atoms. The van der Waals surface area contributed by atoms with E-state index in [1.165, 1.54) is 18.3 Å². The highest BCUT2D eigenvalue weighted by atomic mass is 35.5. The highest BCUT2D eigenvalue weighted by molar-refractivity contribution is 7.91. The van der Waals surface area contributed by atoms with Crippen LogP contribution in [0.4, 0.5) is 0 Å². The Morgan fingerprint density at radius 3 is 2.32 bits per heavy atom. The second-order valence-corrected chi connectivity index (χ2v) is 13.1. The summed E-state index contributed by atoms with van der Waals surface area (Å²) in [6.07, 6.45) is 1.26. The molecule has 19 heavy (non-hydrogen) atoms. The van der Waals surface area contributed by atoms with E-state index >= 15 is 0 Å². The Hall–Kier alpha value is -0.433. The largest absolute Gasteiger partial charge is 0.403 e. The van der Waals surface area contributed by atoms with Crippen molar-refractivity contribution in [2.24, 2.45) is 0 Å². The van der Waals surface area contributed by atoms with Crippen molar-refractivity contribution in [2.75, 3.05) is 5.94 Å². The molecule has 1 rings (SSSR count). The van der Waals surface area contributed by atoms with Crippen molar-refractivity contribution in [1.29, 1.82) is 0 Å². The minimum absolute atomic E-state index is 0.0270. The molecular weight excluding hydrogens is 302 g/mol. The number of hydrogen-bond donors (Lipinski definition) is 0. The van der Waals surface area contributed by atoms with Crippen molar-refractivity contribution >= 4 is 29.8 Å². The topological polar surface area (TPSA) is 56.3 Å². The first-order valence-electron chi connectivity index (χ1n) is 5.94. The molecular formula is C12H20ClNO3SSi. The Bertz CT molecular complexity index is 535. The Labute approximate surface area is 121 Å². The summed E-state index contributed by atoms with van der Waals surface area (Å²) < 4.78 is 30.0. The third-order valence-electron chi connectivity index (χ3n) is 3.44. The van der Waals surface area contributed by atoms with Crippen LogP contribution in [0.2, 0.25) is 23.3 Å². The molecule has 0 fully saturated rings. The molecule has 0 aliphatic rings. The molecule has 0 saturated heterocycles. The quantitative estimate of drug-likeness (QED) is 0.629. The fraction of sp³-hybridized carbons (Fsp3) is 0.583. The van der Waals surface area contributed by atoms with E-state index in [1.54, 1.807) is 0 Å². The van der Waals surface area contributed by atoms with Gasteiger partial charge < -0.3 is 4.43 Å². The maximum absolute atomic E-state index is 12.1. The van der Waals surface area contributed by atoms with Gasteiger partial charge in [0.05, 0.1) is 4.90 Å². The Balaban J connectivity index is 2.85. The second-order valence-electron chi connectivity index (χ2n) is 5.95. The number of aromatic nitrogens is 1. The average Bonchev–Trinajstić information content (AvgIpc) is 2.26. The molecule has 0 N–H and O–H groups in total. The van der Waals surface area contributed by atoms with Gasteiger partial charge in [-0.15, -0.1) is 0 Å². The average molecular weight is 322 g/mol. The van der Waals surface area contributed by atoms with E-state index in [-0.39, 0.29) is 21.0 Å². The van der Waals surface area contributed by atoms with Gasteiger partial charge in [0.1, 0.15) is 11.1 Å². The van der Waals surface area contributed by atoms with Gasteiger partial charge in [0.2, 0.25) is 9.84 Å². The molecule has 1 aromatic rings. The first kappa shape index (κ1) is 16.6. The smallest absolute Gasteiger partial charge is 0.202 e. The molecule has 7 heteroatoms. The predicted octanol–water partition coefficient (Wildman–Crippen LogP) is 3.49. The molecule has 0 aliphatic carbocycles. The Kier molecular flexibility index (Phi) is 4.82. The number of pyridine rings is 1. The fourth-order valence-electron chi connectivity index (χ4n) is 1.06. The third kappa shape index (κ3) is 4.27. The molecule has 1 heterocycles. The van der Waals surface area contributed by atoms with Crippen molar-refractivity contribution in [3.63, 3.8) is 0 Å². The molecule has 1 aromatic heterocycles. The van der Waals surface area contributed by atoms with Gasteiger partial charge in [-0.3, -0.25) is 0 Å². The molecule has 4 nitrogen and oxygen atoms in total. The summed E-state index contributed by atoms with van der Waals surface area (Å²) in [6.45, 7) is 10.2. The van der Waals surface area contributed by atoms with Crippen molar-refractivity contribution in [3.8, 4) is 0 Å². The summed E-state index contributed by atoms with van der Waals surface area (Å²) in [5.74, 6) is -0.313. The van der Waals surface area contributed by atoms with Crippen LogP contribution >= 0.6 is 11.6 Å². The molecule has 0 aromatic carbocycles. The van der Waals surface area contributed by atoms with Crippen LogP contribution in [-0.2, 0) is 14.3 Å². The summed E-state index contributed by atoms with van der Waals surface area (Å²) >= 11 is 5.64. The lowest BCUT2D eigenvalue weighted by Gasteiger charge is -2.35. The third-order valence-corrected chi connectivity index (χ3v) is 9.74. The molecule has 108 valence electrons. The molecule has 0 bridgehead atoms. The number of sulfone groups is 1. The van der Waals surface area contributed by atoms with E-state index in [0.717, 1.165) is 0 Å². The summed E-state index contributed by atoms with van der Waals surface area (Å²) in [4.78, 5) is 3.92. The van der Waals surface area contributed by atoms with Crippen molar-refractivity contribution in [2.45, 2.75) is 43.8 Å². The van der Waals surface area contributed by atoms with E-state index in [9.17, 15) is 8.42 Å². The van der Waals surface area contributed by atoms with Crippen molar-refractivity contribution < 1.29 is 12.8 Å². The van der Waals surface area contributed by atoms with Crippen LogP contribution in [0, 0.1) is 0 Å². The van der Waals surface area contributed by atoms with E-state index in [2.05, 4.69) is 25.8 Å². The summed E-state index contributed by atoms with van der Waals surface area (Å²) in [7, 11) is -5.56. The van der Waals surface area contributed by atoms with Crippen LogP contribution in [0.5, 0.6) is 0 Å². The summed E-state index contributed by atoms with van der Waals surface area (Å²) in [6, 6.07) is 2.90. The SMILES string of the molecule is CC(C)(C)[Si](C)(C)OCS(=O)(=O)c1ccc(Cl)nc1. The van der Waals surface area contributed by atoms with Gasteiger partial charge in [-0.05, 0) is 30.3 Å². The standard InChI is InChI=1S/C12H20ClNO3SSi/c1-12(2,3)19(4,5)17-9-18(15,16)10-6-7-11(13)14-8-10/h6-8H,9H2,1-5H3. The van der Waals surface area contributed by atoms with Crippen LogP contribution in [0.1, 0.15) is 20.8 Å². The molecule has 0 unspecified atom stereocenters. The van der Waals surface area contributed by atoms with Crippen LogP contribution in [0.25, 0.3) is 0 Å². The molecule has 0 amide bonds. The lowest BCUT2D eigenvalue weighted by atomic mass is 10.2. The van der Waals surface area contributed by atoms with Crippen LogP contribution < -0.4 is 0 Å². The van der Waals surface area contributed by atoms with Crippen LogP contribution in [-0.4, -0.2) is 27.7 Å². The monoisotopic (exact) mass is 321 g/mol. The summed E-state index contributed by atoms with van der Waals surface area (Å²) in [5, 5.41) is 0.241. The van der Waals surface area contributed by atoms with E-state index in [4.69, 9.17) is 16.0 Å². The number of halogens is 1. The highest BCUT2D eigenvalue weighted by Gasteiger charge is 2.38. The zero-order chi connectivity index (χ0) is 14.9. The zero-order valence-electron chi connectivity index (χ0n) is 11.9. The van der Waals surface area contributed by atoms with E-state index in [0.29, 0.717) is 0 Å². The highest BCUT2D eigenvalue weighted by Crippen LogP contribution is 2.36. The lowest BCUT2D eigenvalue weighted by molar-refractivity contribution is 0.342. The molecule has 0 saturated carbocycles. The maximum atomic E-state index is 12.1. The Morgan fingerprint density at radius 2 is 1.89 bits per heavy atom. The fourth-order valence-corrected chi connectivity index (χ4v) is 4.02. The van der Waals surface area contributed by atoms with Crippen LogP contribution in [0.15, 0.2) is 23.2 Å². The normalized spacial score (nSPS) is 13.6.